The summed E-state index contributed by atoms with van der Waals surface area (Å²) in [6, 6.07) is 14.9. The van der Waals surface area contributed by atoms with Gasteiger partial charge in [0.25, 0.3) is 0 Å². The van der Waals surface area contributed by atoms with Crippen LogP contribution in [0, 0.1) is 0 Å². The zero-order valence-corrected chi connectivity index (χ0v) is 10.9. The van der Waals surface area contributed by atoms with Crippen molar-refractivity contribution in [3.63, 3.8) is 0 Å². The zero-order valence-electron chi connectivity index (χ0n) is 10.9. The Morgan fingerprint density at radius 1 is 0.941 bits per heavy atom. The third kappa shape index (κ3) is 2.92. The summed E-state index contributed by atoms with van der Waals surface area (Å²) < 4.78 is 0.596. The van der Waals surface area contributed by atoms with Gasteiger partial charge in [-0.05, 0) is 23.8 Å². The summed E-state index contributed by atoms with van der Waals surface area (Å²) in [6.07, 6.45) is 0. The van der Waals surface area contributed by atoms with Crippen molar-refractivity contribution >= 4 is 16.5 Å². The molecule has 2 rings (SSSR count). The Morgan fingerprint density at radius 2 is 1.59 bits per heavy atom. The largest absolute Gasteiger partial charge is 0.205 e. The van der Waals surface area contributed by atoms with E-state index in [1.165, 1.54) is 16.3 Å². The summed E-state index contributed by atoms with van der Waals surface area (Å²) in [5.41, 5.74) is 2.26. The fourth-order valence-electron chi connectivity index (χ4n) is 1.92. The van der Waals surface area contributed by atoms with E-state index in [1.807, 2.05) is 0 Å². The van der Waals surface area contributed by atoms with Crippen molar-refractivity contribution < 1.29 is 4.59 Å². The topological polar surface area (TPSA) is 12.4 Å². The maximum absolute atomic E-state index is 4.64. The van der Waals surface area contributed by atoms with Crippen LogP contribution in [0.15, 0.2) is 47.6 Å². The molecule has 0 N–H and O–H groups in total. The van der Waals surface area contributed by atoms with E-state index in [4.69, 9.17) is 0 Å². The third-order valence-corrected chi connectivity index (χ3v) is 2.62. The van der Waals surface area contributed by atoms with E-state index in [1.54, 1.807) is 0 Å². The fourth-order valence-corrected chi connectivity index (χ4v) is 1.92. The molecule has 0 heterocycles. The highest BCUT2D eigenvalue weighted by atomic mass is 15.6. The summed E-state index contributed by atoms with van der Waals surface area (Å²) in [7, 11) is 6.18. The van der Waals surface area contributed by atoms with Crippen LogP contribution in [0.4, 0.5) is 0 Å². The zero-order chi connectivity index (χ0) is 12.5. The van der Waals surface area contributed by atoms with E-state index in [0.717, 1.165) is 5.71 Å². The molecule has 0 fully saturated rings. The van der Waals surface area contributed by atoms with Gasteiger partial charge in [-0.25, -0.2) is 4.59 Å². The van der Waals surface area contributed by atoms with Gasteiger partial charge in [0.2, 0.25) is 0 Å². The smallest absolute Gasteiger partial charge is 0.0999 e. The molecule has 0 saturated carbocycles. The average Bonchev–Trinajstić information content (AvgIpc) is 2.26. The van der Waals surface area contributed by atoms with Crippen molar-refractivity contribution in [3.8, 4) is 0 Å². The normalized spacial score (nSPS) is 13.1. The number of benzene rings is 2. The molecule has 0 aliphatic heterocycles. The first kappa shape index (κ1) is 11.8. The molecule has 17 heavy (non-hydrogen) atoms. The van der Waals surface area contributed by atoms with E-state index in [0.29, 0.717) is 4.59 Å². The van der Waals surface area contributed by atoms with Crippen molar-refractivity contribution in [1.29, 1.82) is 0 Å². The first-order chi connectivity index (χ1) is 7.96. The molecule has 2 nitrogen and oxygen atoms in total. The number of hydrogen-bond acceptors (Lipinski definition) is 1. The lowest BCUT2D eigenvalue weighted by Crippen LogP contribution is -2.28. The molecule has 2 aromatic carbocycles. The molecule has 0 aromatic heterocycles. The third-order valence-electron chi connectivity index (χ3n) is 2.62. The molecular formula is C15H19N2+. The Hall–Kier alpha value is -1.67. The SMILES string of the molecule is C/C(=N\[N+](C)(C)C)c1ccc2ccccc2c1. The maximum atomic E-state index is 4.64. The van der Waals surface area contributed by atoms with Gasteiger partial charge in [0.05, 0.1) is 26.9 Å². The molecule has 2 aromatic rings. The Kier molecular flexibility index (Phi) is 2.99. The van der Waals surface area contributed by atoms with E-state index < -0.39 is 0 Å². The molecule has 0 aliphatic rings. The van der Waals surface area contributed by atoms with Crippen LogP contribution in [-0.2, 0) is 0 Å². The number of rotatable bonds is 2. The van der Waals surface area contributed by atoms with Gasteiger partial charge in [-0.1, -0.05) is 41.5 Å². The molecule has 0 atom stereocenters. The molecule has 0 unspecified atom stereocenters. The Morgan fingerprint density at radius 3 is 2.24 bits per heavy atom. The van der Waals surface area contributed by atoms with Gasteiger partial charge in [-0.3, -0.25) is 0 Å². The fraction of sp³-hybridized carbons (Fsp3) is 0.267. The summed E-state index contributed by atoms with van der Waals surface area (Å²) >= 11 is 0. The lowest BCUT2D eigenvalue weighted by Gasteiger charge is -2.16. The van der Waals surface area contributed by atoms with Crippen molar-refractivity contribution in [3.05, 3.63) is 48.0 Å². The molecule has 2 heteroatoms. The first-order valence-electron chi connectivity index (χ1n) is 5.83. The molecule has 0 radical (unpaired) electrons. The molecular weight excluding hydrogens is 208 g/mol. The molecule has 88 valence electrons. The van der Waals surface area contributed by atoms with Crippen LogP contribution in [0.25, 0.3) is 10.8 Å². The average molecular weight is 227 g/mol. The van der Waals surface area contributed by atoms with Gasteiger partial charge in [0.15, 0.2) is 0 Å². The summed E-state index contributed by atoms with van der Waals surface area (Å²) in [5.74, 6) is 0. The number of nitrogens with zero attached hydrogens (tertiary/aromatic N) is 2. The van der Waals surface area contributed by atoms with Crippen molar-refractivity contribution in [1.82, 2.24) is 0 Å². The highest BCUT2D eigenvalue weighted by molar-refractivity contribution is 6.01. The highest BCUT2D eigenvalue weighted by Crippen LogP contribution is 2.16. The van der Waals surface area contributed by atoms with Crippen LogP contribution in [-0.4, -0.2) is 31.4 Å². The predicted molar refractivity (Wildman–Crippen MR) is 74.2 cm³/mol. The minimum Gasteiger partial charge on any atom is -0.205 e. The van der Waals surface area contributed by atoms with Crippen LogP contribution in [0.3, 0.4) is 0 Å². The maximum Gasteiger partial charge on any atom is 0.0999 e. The van der Waals surface area contributed by atoms with Gasteiger partial charge in [0.1, 0.15) is 0 Å². The Labute approximate surface area is 103 Å². The van der Waals surface area contributed by atoms with Crippen LogP contribution in [0.5, 0.6) is 0 Å². The summed E-state index contributed by atoms with van der Waals surface area (Å²) in [6.45, 7) is 2.06. The van der Waals surface area contributed by atoms with E-state index in [9.17, 15) is 0 Å². The number of hydrogen-bond donors (Lipinski definition) is 0. The van der Waals surface area contributed by atoms with E-state index in [2.05, 4.69) is 75.6 Å². The highest BCUT2D eigenvalue weighted by Gasteiger charge is 2.07. The molecule has 0 saturated heterocycles. The second-order valence-electron chi connectivity index (χ2n) is 5.19. The van der Waals surface area contributed by atoms with Crippen LogP contribution < -0.4 is 0 Å². The second-order valence-corrected chi connectivity index (χ2v) is 5.19. The molecule has 0 bridgehead atoms. The van der Waals surface area contributed by atoms with Gasteiger partial charge in [-0.2, -0.15) is 0 Å². The standard InChI is InChI=1S/C15H19N2/c1-12(16-17(2,3)4)14-10-9-13-7-5-6-8-15(13)11-14/h5-11H,1-4H3/q+1/b16-12+. The van der Waals surface area contributed by atoms with Crippen LogP contribution in [0.2, 0.25) is 0 Å². The van der Waals surface area contributed by atoms with Crippen LogP contribution >= 0.6 is 0 Å². The van der Waals surface area contributed by atoms with Gasteiger partial charge < -0.3 is 0 Å². The van der Waals surface area contributed by atoms with Crippen molar-refractivity contribution in [2.45, 2.75) is 6.92 Å². The van der Waals surface area contributed by atoms with Crippen molar-refractivity contribution in [2.75, 3.05) is 21.1 Å². The summed E-state index contributed by atoms with van der Waals surface area (Å²) in [5, 5.41) is 7.18. The predicted octanol–water partition coefficient (Wildman–Crippen LogP) is 3.27. The quantitative estimate of drug-likeness (QED) is 0.424. The van der Waals surface area contributed by atoms with Crippen molar-refractivity contribution in [2.24, 2.45) is 5.10 Å². The number of quaternary nitrogens is 1. The van der Waals surface area contributed by atoms with E-state index >= 15 is 0 Å². The van der Waals surface area contributed by atoms with Crippen LogP contribution in [0.1, 0.15) is 12.5 Å². The Balaban J connectivity index is 2.47. The number of fused-ring (bicyclic) bond motifs is 1. The second kappa shape index (κ2) is 4.30. The lowest BCUT2D eigenvalue weighted by atomic mass is 10.0. The minimum absolute atomic E-state index is 0.596. The van der Waals surface area contributed by atoms with Gasteiger partial charge >= 0.3 is 0 Å². The van der Waals surface area contributed by atoms with E-state index in [-0.39, 0.29) is 0 Å². The molecule has 0 amide bonds. The monoisotopic (exact) mass is 227 g/mol. The summed E-state index contributed by atoms with van der Waals surface area (Å²) in [4.78, 5) is 0. The Bertz CT molecular complexity index is 562. The minimum atomic E-state index is 0.596. The molecule has 0 spiro atoms. The van der Waals surface area contributed by atoms with Gasteiger partial charge in [-0.15, -0.1) is 0 Å². The van der Waals surface area contributed by atoms with Gasteiger partial charge in [0, 0.05) is 5.56 Å². The molecule has 0 aliphatic carbocycles. The first-order valence-corrected chi connectivity index (χ1v) is 5.83. The lowest BCUT2D eigenvalue weighted by molar-refractivity contribution is -0.877.